The highest BCUT2D eigenvalue weighted by molar-refractivity contribution is 5.92. The largest absolute Gasteiger partial charge is 0.398 e. The van der Waals surface area contributed by atoms with Crippen LogP contribution >= 0.6 is 0 Å². The molecule has 1 aromatic carbocycles. The van der Waals surface area contributed by atoms with Gasteiger partial charge in [0.1, 0.15) is 12.7 Å². The number of nitrogens with one attached hydrogen (secondary N) is 1. The zero-order valence-corrected chi connectivity index (χ0v) is 10.8. The summed E-state index contributed by atoms with van der Waals surface area (Å²) in [6, 6.07) is 5.49. The Kier molecular flexibility index (Phi) is 4.12. The molecule has 100 valence electrons. The third kappa shape index (κ3) is 3.54. The average molecular weight is 259 g/mol. The summed E-state index contributed by atoms with van der Waals surface area (Å²) in [5.41, 5.74) is 8.14. The van der Waals surface area contributed by atoms with Crippen molar-refractivity contribution >= 4 is 17.3 Å². The molecule has 0 aliphatic carbocycles. The molecule has 0 fully saturated rings. The number of amides is 1. The van der Waals surface area contributed by atoms with Gasteiger partial charge in [0, 0.05) is 24.3 Å². The lowest BCUT2D eigenvalue weighted by Gasteiger charge is -2.10. The van der Waals surface area contributed by atoms with E-state index in [4.69, 9.17) is 5.73 Å². The summed E-state index contributed by atoms with van der Waals surface area (Å²) in [5.74, 6) is -0.0196. The number of nitrogen functional groups attached to an aromatic ring is 1. The van der Waals surface area contributed by atoms with Gasteiger partial charge in [-0.3, -0.25) is 9.48 Å². The van der Waals surface area contributed by atoms with Gasteiger partial charge in [0.05, 0.1) is 0 Å². The van der Waals surface area contributed by atoms with Crippen LogP contribution in [0.25, 0.3) is 0 Å². The van der Waals surface area contributed by atoms with Crippen molar-refractivity contribution in [3.63, 3.8) is 0 Å². The number of hydrogen-bond acceptors (Lipinski definition) is 4. The Bertz CT molecular complexity index is 550. The van der Waals surface area contributed by atoms with E-state index in [2.05, 4.69) is 15.4 Å². The maximum absolute atomic E-state index is 11.8. The fraction of sp³-hybridized carbons (Fsp3) is 0.308. The SMILES string of the molecule is Cc1c(N)cccc1NC(=O)CCCn1cncn1. The second-order valence-electron chi connectivity index (χ2n) is 4.33. The van der Waals surface area contributed by atoms with E-state index >= 15 is 0 Å². The third-order valence-corrected chi connectivity index (χ3v) is 2.91. The lowest BCUT2D eigenvalue weighted by Crippen LogP contribution is -2.13. The minimum absolute atomic E-state index is 0.0196. The van der Waals surface area contributed by atoms with Gasteiger partial charge in [-0.2, -0.15) is 5.10 Å². The van der Waals surface area contributed by atoms with Gasteiger partial charge < -0.3 is 11.1 Å². The zero-order valence-electron chi connectivity index (χ0n) is 10.8. The van der Waals surface area contributed by atoms with E-state index in [0.717, 1.165) is 17.7 Å². The molecule has 19 heavy (non-hydrogen) atoms. The van der Waals surface area contributed by atoms with Crippen molar-refractivity contribution in [3.05, 3.63) is 36.4 Å². The van der Waals surface area contributed by atoms with Crippen LogP contribution in [0.3, 0.4) is 0 Å². The predicted octanol–water partition coefficient (Wildman–Crippen LogP) is 1.59. The summed E-state index contributed by atoms with van der Waals surface area (Å²) >= 11 is 0. The van der Waals surface area contributed by atoms with Crippen LogP contribution in [0.1, 0.15) is 18.4 Å². The van der Waals surface area contributed by atoms with E-state index in [1.165, 1.54) is 6.33 Å². The molecule has 0 unspecified atom stereocenters. The van der Waals surface area contributed by atoms with Crippen molar-refractivity contribution in [2.75, 3.05) is 11.1 Å². The Morgan fingerprint density at radius 2 is 2.32 bits per heavy atom. The fourth-order valence-electron chi connectivity index (χ4n) is 1.75. The summed E-state index contributed by atoms with van der Waals surface area (Å²) in [5, 5.41) is 6.85. The Labute approximate surface area is 111 Å². The average Bonchev–Trinajstić information content (AvgIpc) is 2.88. The van der Waals surface area contributed by atoms with Crippen LogP contribution in [0.5, 0.6) is 0 Å². The maximum atomic E-state index is 11.8. The number of rotatable bonds is 5. The molecule has 0 spiro atoms. The van der Waals surface area contributed by atoms with Gasteiger partial charge in [-0.1, -0.05) is 6.07 Å². The van der Waals surface area contributed by atoms with Gasteiger partial charge in [-0.05, 0) is 31.0 Å². The van der Waals surface area contributed by atoms with Crippen molar-refractivity contribution in [1.29, 1.82) is 0 Å². The summed E-state index contributed by atoms with van der Waals surface area (Å²) in [6.45, 7) is 2.57. The Hall–Kier alpha value is -2.37. The van der Waals surface area contributed by atoms with Gasteiger partial charge in [0.25, 0.3) is 0 Å². The number of carbonyl (C=O) groups excluding carboxylic acids is 1. The van der Waals surface area contributed by atoms with Crippen LogP contribution < -0.4 is 11.1 Å². The molecule has 2 aromatic rings. The first-order valence-corrected chi connectivity index (χ1v) is 6.14. The second-order valence-corrected chi connectivity index (χ2v) is 4.33. The van der Waals surface area contributed by atoms with E-state index in [1.54, 1.807) is 11.0 Å². The van der Waals surface area contributed by atoms with Gasteiger partial charge in [-0.15, -0.1) is 0 Å². The molecule has 0 radical (unpaired) electrons. The third-order valence-electron chi connectivity index (χ3n) is 2.91. The number of nitrogens with two attached hydrogens (primary N) is 1. The molecular formula is C13H17N5O. The first-order chi connectivity index (χ1) is 9.16. The summed E-state index contributed by atoms with van der Waals surface area (Å²) in [6.07, 6.45) is 4.28. The molecule has 0 aliphatic heterocycles. The van der Waals surface area contributed by atoms with Crippen molar-refractivity contribution in [2.45, 2.75) is 26.3 Å². The van der Waals surface area contributed by atoms with Gasteiger partial charge >= 0.3 is 0 Å². The number of anilines is 2. The van der Waals surface area contributed by atoms with E-state index in [9.17, 15) is 4.79 Å². The lowest BCUT2D eigenvalue weighted by atomic mass is 10.1. The number of nitrogens with zero attached hydrogens (tertiary/aromatic N) is 3. The molecule has 1 amide bonds. The molecule has 0 atom stereocenters. The van der Waals surface area contributed by atoms with E-state index in [-0.39, 0.29) is 5.91 Å². The molecule has 6 nitrogen and oxygen atoms in total. The topological polar surface area (TPSA) is 85.8 Å². The quantitative estimate of drug-likeness (QED) is 0.798. The summed E-state index contributed by atoms with van der Waals surface area (Å²) in [7, 11) is 0. The Morgan fingerprint density at radius 3 is 3.05 bits per heavy atom. The molecule has 0 aliphatic rings. The number of benzene rings is 1. The fourth-order valence-corrected chi connectivity index (χ4v) is 1.75. The van der Waals surface area contributed by atoms with Gasteiger partial charge in [0.2, 0.25) is 5.91 Å². The van der Waals surface area contributed by atoms with Crippen LogP contribution in [-0.4, -0.2) is 20.7 Å². The molecule has 6 heteroatoms. The second kappa shape index (κ2) is 5.99. The molecule has 0 saturated heterocycles. The van der Waals surface area contributed by atoms with Gasteiger partial charge in [0.15, 0.2) is 0 Å². The van der Waals surface area contributed by atoms with Crippen LogP contribution in [0.2, 0.25) is 0 Å². The minimum atomic E-state index is -0.0196. The highest BCUT2D eigenvalue weighted by atomic mass is 16.1. The molecule has 0 bridgehead atoms. The Morgan fingerprint density at radius 1 is 1.47 bits per heavy atom. The number of aryl methyl sites for hydroxylation is 1. The zero-order chi connectivity index (χ0) is 13.7. The first kappa shape index (κ1) is 13.1. The van der Waals surface area contributed by atoms with Crippen molar-refractivity contribution in [3.8, 4) is 0 Å². The van der Waals surface area contributed by atoms with Crippen molar-refractivity contribution < 1.29 is 4.79 Å². The van der Waals surface area contributed by atoms with Crippen molar-refractivity contribution in [2.24, 2.45) is 0 Å². The monoisotopic (exact) mass is 259 g/mol. The standard InChI is InChI=1S/C13H17N5O/c1-10-11(14)4-2-5-12(10)17-13(19)6-3-7-18-9-15-8-16-18/h2,4-5,8-9H,3,6-7,14H2,1H3,(H,17,19). The summed E-state index contributed by atoms with van der Waals surface area (Å²) in [4.78, 5) is 15.7. The molecule has 2 rings (SSSR count). The molecule has 1 aromatic heterocycles. The van der Waals surface area contributed by atoms with Crippen LogP contribution in [0.4, 0.5) is 11.4 Å². The molecule has 1 heterocycles. The normalized spacial score (nSPS) is 10.4. The highest BCUT2D eigenvalue weighted by Crippen LogP contribution is 2.20. The predicted molar refractivity (Wildman–Crippen MR) is 73.5 cm³/mol. The van der Waals surface area contributed by atoms with E-state index in [1.807, 2.05) is 25.1 Å². The first-order valence-electron chi connectivity index (χ1n) is 6.14. The lowest BCUT2D eigenvalue weighted by molar-refractivity contribution is -0.116. The smallest absolute Gasteiger partial charge is 0.224 e. The van der Waals surface area contributed by atoms with Crippen LogP contribution in [0.15, 0.2) is 30.9 Å². The number of carbonyl (C=O) groups is 1. The Balaban J connectivity index is 1.82. The number of hydrogen-bond donors (Lipinski definition) is 2. The van der Waals surface area contributed by atoms with E-state index in [0.29, 0.717) is 18.7 Å². The summed E-state index contributed by atoms with van der Waals surface area (Å²) < 4.78 is 1.71. The molecule has 3 N–H and O–H groups in total. The van der Waals surface area contributed by atoms with E-state index < -0.39 is 0 Å². The van der Waals surface area contributed by atoms with Crippen molar-refractivity contribution in [1.82, 2.24) is 14.8 Å². The van der Waals surface area contributed by atoms with Crippen LogP contribution in [0, 0.1) is 6.92 Å². The van der Waals surface area contributed by atoms with Crippen LogP contribution in [-0.2, 0) is 11.3 Å². The number of aromatic nitrogens is 3. The molecule has 0 saturated carbocycles. The van der Waals surface area contributed by atoms with Gasteiger partial charge in [-0.25, -0.2) is 4.98 Å². The molecular weight excluding hydrogens is 242 g/mol. The minimum Gasteiger partial charge on any atom is -0.398 e. The maximum Gasteiger partial charge on any atom is 0.224 e. The highest BCUT2D eigenvalue weighted by Gasteiger charge is 2.06.